The Hall–Kier alpha value is -2.07. The largest absolute Gasteiger partial charge is 0.349 e. The van der Waals surface area contributed by atoms with Gasteiger partial charge in [0.2, 0.25) is 5.91 Å². The average molecular weight is 325 g/mol. The maximum atomic E-state index is 12.1. The lowest BCUT2D eigenvalue weighted by Crippen LogP contribution is -2.29. The van der Waals surface area contributed by atoms with Gasteiger partial charge in [-0.2, -0.15) is 0 Å². The molecule has 3 nitrogen and oxygen atoms in total. The lowest BCUT2D eigenvalue weighted by Gasteiger charge is -2.13. The van der Waals surface area contributed by atoms with E-state index in [2.05, 4.69) is 17.4 Å². The molecule has 1 aliphatic rings. The minimum atomic E-state index is -0.00225. The van der Waals surface area contributed by atoms with Gasteiger partial charge >= 0.3 is 0 Å². The van der Waals surface area contributed by atoms with Gasteiger partial charge in [0, 0.05) is 5.56 Å². The van der Waals surface area contributed by atoms with Gasteiger partial charge in [-0.1, -0.05) is 54.6 Å². The van der Waals surface area contributed by atoms with E-state index < -0.39 is 0 Å². The lowest BCUT2D eigenvalue weighted by molar-refractivity contribution is -0.119. The Bertz CT molecular complexity index is 700. The average Bonchev–Trinajstić information content (AvgIpc) is 2.99. The van der Waals surface area contributed by atoms with Crippen LogP contribution in [0.15, 0.2) is 54.6 Å². The van der Waals surface area contributed by atoms with E-state index in [0.717, 1.165) is 12.8 Å². The van der Waals surface area contributed by atoms with Crippen LogP contribution in [0.4, 0.5) is 0 Å². The highest BCUT2D eigenvalue weighted by Gasteiger charge is 2.23. The van der Waals surface area contributed by atoms with Crippen LogP contribution in [0.25, 0.3) is 0 Å². The molecule has 1 N–H and O–H groups in total. The van der Waals surface area contributed by atoms with Crippen molar-refractivity contribution in [2.45, 2.75) is 18.9 Å². The quantitative estimate of drug-likeness (QED) is 0.828. The van der Waals surface area contributed by atoms with Crippen LogP contribution >= 0.6 is 11.8 Å². The topological polar surface area (TPSA) is 46.2 Å². The normalized spacial score (nSPS) is 15.9. The molecule has 4 heteroatoms. The van der Waals surface area contributed by atoms with Crippen LogP contribution in [0.3, 0.4) is 0 Å². The summed E-state index contributed by atoms with van der Waals surface area (Å²) >= 11 is 1.37. The Morgan fingerprint density at radius 2 is 1.74 bits per heavy atom. The summed E-state index contributed by atoms with van der Waals surface area (Å²) in [6.45, 7) is 0. The Balaban J connectivity index is 1.45. The van der Waals surface area contributed by atoms with Crippen molar-refractivity contribution in [1.29, 1.82) is 0 Å². The molecule has 0 radical (unpaired) electrons. The first-order chi connectivity index (χ1) is 11.2. The lowest BCUT2D eigenvalue weighted by atomic mass is 10.1. The zero-order valence-corrected chi connectivity index (χ0v) is 13.6. The first kappa shape index (κ1) is 15.8. The smallest absolute Gasteiger partial charge is 0.230 e. The van der Waals surface area contributed by atoms with Gasteiger partial charge < -0.3 is 5.32 Å². The number of thioether (sulfide) groups is 1. The van der Waals surface area contributed by atoms with E-state index in [1.54, 1.807) is 12.1 Å². The molecular formula is C19H19NO2S. The number of nitrogens with one attached hydrogen (secondary N) is 1. The molecule has 23 heavy (non-hydrogen) atoms. The summed E-state index contributed by atoms with van der Waals surface area (Å²) in [5.74, 6) is 0.711. The summed E-state index contributed by atoms with van der Waals surface area (Å²) in [4.78, 5) is 24.1. The minimum absolute atomic E-state index is 0.00225. The molecule has 0 saturated carbocycles. The summed E-state index contributed by atoms with van der Waals surface area (Å²) in [7, 11) is 0. The van der Waals surface area contributed by atoms with E-state index in [9.17, 15) is 9.59 Å². The van der Waals surface area contributed by atoms with E-state index >= 15 is 0 Å². The van der Waals surface area contributed by atoms with Gasteiger partial charge in [-0.05, 0) is 24.0 Å². The number of carbonyl (C=O) groups excluding carboxylic acids is 2. The molecule has 0 fully saturated rings. The highest BCUT2D eigenvalue weighted by Crippen LogP contribution is 2.30. The molecular weight excluding hydrogens is 306 g/mol. The van der Waals surface area contributed by atoms with Crippen LogP contribution in [-0.4, -0.2) is 23.2 Å². The third-order valence-corrected chi connectivity index (χ3v) is 4.96. The van der Waals surface area contributed by atoms with Crippen LogP contribution in [-0.2, 0) is 11.2 Å². The summed E-state index contributed by atoms with van der Waals surface area (Å²) in [5, 5.41) is 3.08. The van der Waals surface area contributed by atoms with Gasteiger partial charge in [-0.15, -0.1) is 11.8 Å². The number of ketones is 1. The van der Waals surface area contributed by atoms with Crippen LogP contribution in [0.2, 0.25) is 0 Å². The SMILES string of the molecule is O=C(CSCC(=O)c1ccccc1)N[C@H]1CCc2ccccc21. The maximum absolute atomic E-state index is 12.1. The molecule has 0 unspecified atom stereocenters. The zero-order chi connectivity index (χ0) is 16.1. The fourth-order valence-electron chi connectivity index (χ4n) is 2.89. The zero-order valence-electron chi connectivity index (χ0n) is 12.8. The first-order valence-electron chi connectivity index (χ1n) is 7.77. The summed E-state index contributed by atoms with van der Waals surface area (Å²) in [6.07, 6.45) is 1.97. The van der Waals surface area contributed by atoms with Crippen molar-refractivity contribution in [3.8, 4) is 0 Å². The molecule has 2 aromatic rings. The highest BCUT2D eigenvalue weighted by atomic mass is 32.2. The number of hydrogen-bond donors (Lipinski definition) is 1. The van der Waals surface area contributed by atoms with Gasteiger partial charge in [0.1, 0.15) is 0 Å². The number of Topliss-reactive ketones (excluding diaryl/α,β-unsaturated/α-hetero) is 1. The van der Waals surface area contributed by atoms with E-state index in [0.29, 0.717) is 17.1 Å². The molecule has 1 atom stereocenters. The standard InChI is InChI=1S/C19H19NO2S/c21-18(15-7-2-1-3-8-15)12-23-13-19(22)20-17-11-10-14-6-4-5-9-16(14)17/h1-9,17H,10-13H2,(H,20,22)/t17-/m0/s1. The van der Waals surface area contributed by atoms with E-state index in [-0.39, 0.29) is 17.7 Å². The second-order valence-corrected chi connectivity index (χ2v) is 6.63. The number of carbonyl (C=O) groups is 2. The van der Waals surface area contributed by atoms with Gasteiger partial charge in [0.15, 0.2) is 5.78 Å². The number of rotatable bonds is 6. The third-order valence-electron chi connectivity index (χ3n) is 4.03. The minimum Gasteiger partial charge on any atom is -0.349 e. The molecule has 0 saturated heterocycles. The monoisotopic (exact) mass is 325 g/mol. The number of benzene rings is 2. The Labute approximate surface area is 140 Å². The van der Waals surface area contributed by atoms with E-state index in [1.807, 2.05) is 30.3 Å². The number of aryl methyl sites for hydroxylation is 1. The molecule has 1 aliphatic carbocycles. The van der Waals surface area contributed by atoms with Crippen LogP contribution in [0.5, 0.6) is 0 Å². The molecule has 1 amide bonds. The van der Waals surface area contributed by atoms with E-state index in [1.165, 1.54) is 22.9 Å². The number of fused-ring (bicyclic) bond motifs is 1. The Morgan fingerprint density at radius 3 is 2.57 bits per heavy atom. The molecule has 0 bridgehead atoms. The van der Waals surface area contributed by atoms with Crippen molar-refractivity contribution in [2.75, 3.05) is 11.5 Å². The molecule has 3 rings (SSSR count). The fraction of sp³-hybridized carbons (Fsp3) is 0.263. The molecule has 0 aromatic heterocycles. The Morgan fingerprint density at radius 1 is 1.00 bits per heavy atom. The van der Waals surface area contributed by atoms with Crippen molar-refractivity contribution in [2.24, 2.45) is 0 Å². The third kappa shape index (κ3) is 4.02. The molecule has 0 spiro atoms. The van der Waals surface area contributed by atoms with E-state index in [4.69, 9.17) is 0 Å². The van der Waals surface area contributed by atoms with Gasteiger partial charge in [0.25, 0.3) is 0 Å². The molecule has 0 aliphatic heterocycles. The highest BCUT2D eigenvalue weighted by molar-refractivity contribution is 8.00. The number of amides is 1. The summed E-state index contributed by atoms with van der Waals surface area (Å²) in [5.41, 5.74) is 3.25. The maximum Gasteiger partial charge on any atom is 0.230 e. The predicted octanol–water partition coefficient (Wildman–Crippen LogP) is 3.41. The summed E-state index contributed by atoms with van der Waals surface area (Å²) in [6, 6.07) is 17.6. The second-order valence-electron chi connectivity index (χ2n) is 5.64. The van der Waals surface area contributed by atoms with Crippen molar-refractivity contribution >= 4 is 23.5 Å². The van der Waals surface area contributed by atoms with Crippen molar-refractivity contribution in [3.63, 3.8) is 0 Å². The van der Waals surface area contributed by atoms with Gasteiger partial charge in [0.05, 0.1) is 17.5 Å². The second kappa shape index (κ2) is 7.47. The van der Waals surface area contributed by atoms with Crippen LogP contribution < -0.4 is 5.32 Å². The van der Waals surface area contributed by atoms with Crippen molar-refractivity contribution in [3.05, 3.63) is 71.3 Å². The van der Waals surface area contributed by atoms with Gasteiger partial charge in [-0.3, -0.25) is 9.59 Å². The van der Waals surface area contributed by atoms with Crippen LogP contribution in [0.1, 0.15) is 33.9 Å². The van der Waals surface area contributed by atoms with Gasteiger partial charge in [-0.25, -0.2) is 0 Å². The fourth-order valence-corrected chi connectivity index (χ4v) is 3.61. The summed E-state index contributed by atoms with van der Waals surface area (Å²) < 4.78 is 0. The first-order valence-corrected chi connectivity index (χ1v) is 8.92. The number of hydrogen-bond acceptors (Lipinski definition) is 3. The Kier molecular flexibility index (Phi) is 5.13. The molecule has 0 heterocycles. The molecule has 118 valence electrons. The van der Waals surface area contributed by atoms with Crippen molar-refractivity contribution < 1.29 is 9.59 Å². The predicted molar refractivity (Wildman–Crippen MR) is 93.7 cm³/mol. The van der Waals surface area contributed by atoms with Crippen molar-refractivity contribution in [1.82, 2.24) is 5.32 Å². The molecule has 2 aromatic carbocycles. The van der Waals surface area contributed by atoms with Crippen LogP contribution in [0, 0.1) is 0 Å².